The fraction of sp³-hybridized carbons (Fsp3) is 0. The highest BCUT2D eigenvalue weighted by atomic mass is 35.5. The number of nitriles is 1. The number of halogens is 1. The van der Waals surface area contributed by atoms with E-state index >= 15 is 0 Å². The standard InChI is InChI=1S/C9H6ClN/c10-9-5-1-3-8(7-9)4-2-6-11/h1-5,7H/b4-2+. The van der Waals surface area contributed by atoms with Crippen molar-refractivity contribution in [1.29, 1.82) is 5.26 Å². The van der Waals surface area contributed by atoms with Gasteiger partial charge >= 0.3 is 0 Å². The second-order valence-corrected chi connectivity index (χ2v) is 2.45. The van der Waals surface area contributed by atoms with E-state index in [1.807, 2.05) is 18.2 Å². The molecule has 0 atom stereocenters. The van der Waals surface area contributed by atoms with Gasteiger partial charge in [-0.15, -0.1) is 0 Å². The summed E-state index contributed by atoms with van der Waals surface area (Å²) in [6.45, 7) is 0. The van der Waals surface area contributed by atoms with Gasteiger partial charge in [0.2, 0.25) is 0 Å². The van der Waals surface area contributed by atoms with Crippen LogP contribution < -0.4 is 0 Å². The largest absolute Gasteiger partial charge is 0.193 e. The summed E-state index contributed by atoms with van der Waals surface area (Å²) in [6, 6.07) is 9.25. The molecule has 0 N–H and O–H groups in total. The van der Waals surface area contributed by atoms with E-state index in [2.05, 4.69) is 0 Å². The first-order valence-electron chi connectivity index (χ1n) is 3.14. The topological polar surface area (TPSA) is 23.8 Å². The Labute approximate surface area is 70.5 Å². The molecule has 0 radical (unpaired) electrons. The van der Waals surface area contributed by atoms with Gasteiger partial charge in [0.15, 0.2) is 0 Å². The van der Waals surface area contributed by atoms with Gasteiger partial charge in [0.1, 0.15) is 0 Å². The number of nitrogens with zero attached hydrogens (tertiary/aromatic N) is 1. The Bertz CT molecular complexity index is 310. The Morgan fingerprint density at radius 3 is 2.91 bits per heavy atom. The van der Waals surface area contributed by atoms with Crippen LogP contribution in [0.3, 0.4) is 0 Å². The highest BCUT2D eigenvalue weighted by molar-refractivity contribution is 6.30. The molecule has 1 rings (SSSR count). The normalized spacial score (nSPS) is 9.82. The third kappa shape index (κ3) is 2.45. The van der Waals surface area contributed by atoms with E-state index in [0.717, 1.165) is 5.56 Å². The zero-order valence-electron chi connectivity index (χ0n) is 5.79. The number of hydrogen-bond acceptors (Lipinski definition) is 1. The van der Waals surface area contributed by atoms with Crippen LogP contribution in [0.1, 0.15) is 5.56 Å². The maximum Gasteiger partial charge on any atom is 0.0912 e. The lowest BCUT2D eigenvalue weighted by molar-refractivity contribution is 1.54. The van der Waals surface area contributed by atoms with Crippen molar-refractivity contribution in [2.75, 3.05) is 0 Å². The van der Waals surface area contributed by atoms with Crippen molar-refractivity contribution in [2.24, 2.45) is 0 Å². The second kappa shape index (κ2) is 3.80. The monoisotopic (exact) mass is 163 g/mol. The molecule has 0 spiro atoms. The lowest BCUT2D eigenvalue weighted by atomic mass is 10.2. The molecule has 0 amide bonds. The summed E-state index contributed by atoms with van der Waals surface area (Å²) in [6.07, 6.45) is 3.14. The fourth-order valence-corrected chi connectivity index (χ4v) is 0.942. The van der Waals surface area contributed by atoms with Crippen molar-refractivity contribution < 1.29 is 0 Å². The molecule has 11 heavy (non-hydrogen) atoms. The molecule has 0 heterocycles. The molecule has 0 fully saturated rings. The lowest BCUT2D eigenvalue weighted by Crippen LogP contribution is -1.69. The fourth-order valence-electron chi connectivity index (χ4n) is 0.744. The van der Waals surface area contributed by atoms with Gasteiger partial charge in [-0.2, -0.15) is 5.26 Å². The molecule has 0 saturated heterocycles. The molecule has 0 aromatic heterocycles. The van der Waals surface area contributed by atoms with Crippen LogP contribution in [0, 0.1) is 11.3 Å². The van der Waals surface area contributed by atoms with Crippen LogP contribution in [0.5, 0.6) is 0 Å². The molecule has 0 aliphatic heterocycles. The summed E-state index contributed by atoms with van der Waals surface area (Å²) < 4.78 is 0. The Hall–Kier alpha value is -1.26. The molecule has 2 heteroatoms. The molecule has 0 bridgehead atoms. The van der Waals surface area contributed by atoms with Crippen molar-refractivity contribution in [3.63, 3.8) is 0 Å². The highest BCUT2D eigenvalue weighted by Gasteiger charge is 1.86. The van der Waals surface area contributed by atoms with Crippen LogP contribution in [-0.4, -0.2) is 0 Å². The van der Waals surface area contributed by atoms with E-state index < -0.39 is 0 Å². The van der Waals surface area contributed by atoms with Gasteiger partial charge in [-0.25, -0.2) is 0 Å². The summed E-state index contributed by atoms with van der Waals surface area (Å²) in [7, 11) is 0. The number of rotatable bonds is 1. The Morgan fingerprint density at radius 2 is 2.27 bits per heavy atom. The minimum absolute atomic E-state index is 0.685. The van der Waals surface area contributed by atoms with Crippen molar-refractivity contribution in [1.82, 2.24) is 0 Å². The predicted molar refractivity (Wildman–Crippen MR) is 46.1 cm³/mol. The van der Waals surface area contributed by atoms with Gasteiger partial charge < -0.3 is 0 Å². The summed E-state index contributed by atoms with van der Waals surface area (Å²) in [5.74, 6) is 0. The van der Waals surface area contributed by atoms with Gasteiger partial charge in [0.05, 0.1) is 6.07 Å². The molecular formula is C9H6ClN. The van der Waals surface area contributed by atoms with Gasteiger partial charge in [-0.05, 0) is 23.8 Å². The molecule has 0 saturated carbocycles. The summed E-state index contributed by atoms with van der Waals surface area (Å²) in [4.78, 5) is 0. The minimum atomic E-state index is 0.685. The average molecular weight is 164 g/mol. The van der Waals surface area contributed by atoms with Crippen molar-refractivity contribution in [3.05, 3.63) is 40.9 Å². The molecule has 1 aromatic rings. The smallest absolute Gasteiger partial charge is 0.0912 e. The van der Waals surface area contributed by atoms with Crippen LogP contribution in [0.25, 0.3) is 6.08 Å². The van der Waals surface area contributed by atoms with Gasteiger partial charge in [0.25, 0.3) is 0 Å². The van der Waals surface area contributed by atoms with E-state index in [-0.39, 0.29) is 0 Å². The molecule has 1 nitrogen and oxygen atoms in total. The molecular weight excluding hydrogens is 158 g/mol. The zero-order valence-corrected chi connectivity index (χ0v) is 6.55. The van der Waals surface area contributed by atoms with E-state index in [1.165, 1.54) is 6.08 Å². The molecule has 54 valence electrons. The SMILES string of the molecule is N#C/C=C/c1cccc(Cl)c1. The number of benzene rings is 1. The maximum atomic E-state index is 8.23. The number of hydrogen-bond donors (Lipinski definition) is 0. The van der Waals surface area contributed by atoms with E-state index in [4.69, 9.17) is 16.9 Å². The first-order chi connectivity index (χ1) is 5.33. The van der Waals surface area contributed by atoms with Crippen LogP contribution in [0.4, 0.5) is 0 Å². The van der Waals surface area contributed by atoms with Crippen molar-refractivity contribution in [3.8, 4) is 6.07 Å². The van der Waals surface area contributed by atoms with E-state index in [0.29, 0.717) is 5.02 Å². The Kier molecular flexibility index (Phi) is 2.71. The Balaban J connectivity index is 2.90. The van der Waals surface area contributed by atoms with Gasteiger partial charge in [-0.1, -0.05) is 23.7 Å². The maximum absolute atomic E-state index is 8.23. The van der Waals surface area contributed by atoms with E-state index in [1.54, 1.807) is 18.2 Å². The zero-order chi connectivity index (χ0) is 8.10. The second-order valence-electron chi connectivity index (χ2n) is 2.02. The van der Waals surface area contributed by atoms with Crippen molar-refractivity contribution in [2.45, 2.75) is 0 Å². The molecule has 0 aliphatic carbocycles. The summed E-state index contributed by atoms with van der Waals surface area (Å²) in [5.41, 5.74) is 0.944. The van der Waals surface area contributed by atoms with Crippen LogP contribution in [-0.2, 0) is 0 Å². The van der Waals surface area contributed by atoms with Crippen LogP contribution >= 0.6 is 11.6 Å². The van der Waals surface area contributed by atoms with Gasteiger partial charge in [-0.3, -0.25) is 0 Å². The van der Waals surface area contributed by atoms with Crippen molar-refractivity contribution >= 4 is 17.7 Å². The molecule has 1 aromatic carbocycles. The molecule has 0 aliphatic rings. The summed E-state index contributed by atoms with van der Waals surface area (Å²) in [5, 5.41) is 8.91. The average Bonchev–Trinajstić information content (AvgIpc) is 2.01. The van der Waals surface area contributed by atoms with Crippen LogP contribution in [0.15, 0.2) is 30.3 Å². The third-order valence-electron chi connectivity index (χ3n) is 1.20. The van der Waals surface area contributed by atoms with Gasteiger partial charge in [0, 0.05) is 11.1 Å². The lowest BCUT2D eigenvalue weighted by Gasteiger charge is -1.91. The first-order valence-corrected chi connectivity index (χ1v) is 3.52. The highest BCUT2D eigenvalue weighted by Crippen LogP contribution is 2.11. The first kappa shape index (κ1) is 7.84. The number of allylic oxidation sites excluding steroid dienone is 1. The molecule has 0 unspecified atom stereocenters. The Morgan fingerprint density at radius 1 is 1.45 bits per heavy atom. The third-order valence-corrected chi connectivity index (χ3v) is 1.43. The quantitative estimate of drug-likeness (QED) is 0.584. The minimum Gasteiger partial charge on any atom is -0.193 e. The predicted octanol–water partition coefficient (Wildman–Crippen LogP) is 2.88. The van der Waals surface area contributed by atoms with Crippen LogP contribution in [0.2, 0.25) is 5.02 Å². The summed E-state index contributed by atoms with van der Waals surface area (Å²) >= 11 is 5.71. The van der Waals surface area contributed by atoms with E-state index in [9.17, 15) is 0 Å².